The molecule has 1 aliphatic rings. The lowest BCUT2D eigenvalue weighted by Gasteiger charge is -2.36. The van der Waals surface area contributed by atoms with Gasteiger partial charge >= 0.3 is 0 Å². The maximum atomic E-state index is 5.89. The van der Waals surface area contributed by atoms with E-state index < -0.39 is 0 Å². The Balaban J connectivity index is 1.88. The zero-order valence-corrected chi connectivity index (χ0v) is 10.7. The average molecular weight is 258 g/mol. The van der Waals surface area contributed by atoms with Crippen LogP contribution in [0.3, 0.4) is 0 Å². The van der Waals surface area contributed by atoms with Crippen molar-refractivity contribution in [3.05, 3.63) is 17.5 Å². The number of hydrogen-bond donors (Lipinski definition) is 1. The fourth-order valence-electron chi connectivity index (χ4n) is 1.74. The molecule has 1 saturated heterocycles. The minimum Gasteiger partial charge on any atom is -0.474 e. The van der Waals surface area contributed by atoms with E-state index in [1.165, 1.54) is 12.5 Å². The highest BCUT2D eigenvalue weighted by atomic mass is 35.5. The number of nitrogens with zero attached hydrogens (tertiary/aromatic N) is 2. The van der Waals surface area contributed by atoms with Gasteiger partial charge in [-0.05, 0) is 13.8 Å². The Morgan fingerprint density at radius 1 is 1.65 bits per heavy atom. The molecule has 0 radical (unpaired) electrons. The molecule has 1 atom stereocenters. The highest BCUT2D eigenvalue weighted by Crippen LogP contribution is 2.20. The van der Waals surface area contributed by atoms with E-state index in [2.05, 4.69) is 15.3 Å². The summed E-state index contributed by atoms with van der Waals surface area (Å²) in [4.78, 5) is 7.75. The van der Waals surface area contributed by atoms with Crippen LogP contribution in [0.4, 0.5) is 0 Å². The van der Waals surface area contributed by atoms with Gasteiger partial charge < -0.3 is 14.8 Å². The summed E-state index contributed by atoms with van der Waals surface area (Å²) in [5.41, 5.74) is -0.165. The Morgan fingerprint density at radius 3 is 3.18 bits per heavy atom. The van der Waals surface area contributed by atoms with E-state index in [4.69, 9.17) is 21.1 Å². The van der Waals surface area contributed by atoms with Gasteiger partial charge in [0.25, 0.3) is 0 Å². The molecule has 1 aliphatic heterocycles. The van der Waals surface area contributed by atoms with Crippen LogP contribution < -0.4 is 10.1 Å². The molecular weight excluding hydrogens is 242 g/mol. The van der Waals surface area contributed by atoms with E-state index >= 15 is 0 Å². The summed E-state index contributed by atoms with van der Waals surface area (Å²) in [6, 6.07) is 0. The summed E-state index contributed by atoms with van der Waals surface area (Å²) in [6.07, 6.45) is 2.92. The van der Waals surface area contributed by atoms with Crippen molar-refractivity contribution in [3.63, 3.8) is 0 Å². The van der Waals surface area contributed by atoms with Crippen molar-refractivity contribution in [2.24, 2.45) is 0 Å². The quantitative estimate of drug-likeness (QED) is 0.884. The minimum absolute atomic E-state index is 0.00443. The van der Waals surface area contributed by atoms with Crippen LogP contribution >= 0.6 is 11.6 Å². The summed E-state index contributed by atoms with van der Waals surface area (Å²) in [6.45, 7) is 6.13. The van der Waals surface area contributed by atoms with Gasteiger partial charge in [0.15, 0.2) is 0 Å². The number of morpholine rings is 1. The minimum atomic E-state index is -0.165. The first-order chi connectivity index (χ1) is 8.07. The number of hydrogen-bond acceptors (Lipinski definition) is 5. The van der Waals surface area contributed by atoms with Crippen molar-refractivity contribution < 1.29 is 9.47 Å². The molecule has 6 heteroatoms. The molecular formula is C11H16ClN3O2. The number of aromatic nitrogens is 2. The molecule has 94 valence electrons. The standard InChI is InChI=1S/C11H16ClN3O2/c1-11(2)6-13-3-8(17-11)5-16-10-9(12)4-14-7-15-10/h4,7-8,13H,3,5-6H2,1-2H3. The third-order valence-electron chi connectivity index (χ3n) is 2.45. The van der Waals surface area contributed by atoms with Crippen molar-refractivity contribution in [1.82, 2.24) is 15.3 Å². The van der Waals surface area contributed by atoms with E-state index in [0.29, 0.717) is 17.5 Å². The molecule has 1 aromatic heterocycles. The molecule has 1 aromatic rings. The van der Waals surface area contributed by atoms with Crippen LogP contribution in [-0.4, -0.2) is 41.4 Å². The maximum absolute atomic E-state index is 5.89. The Labute approximate surface area is 105 Å². The Hall–Kier alpha value is -0.910. The lowest BCUT2D eigenvalue weighted by atomic mass is 10.1. The highest BCUT2D eigenvalue weighted by Gasteiger charge is 2.28. The molecule has 0 spiro atoms. The van der Waals surface area contributed by atoms with Crippen LogP contribution in [0.1, 0.15) is 13.8 Å². The Morgan fingerprint density at radius 2 is 2.47 bits per heavy atom. The zero-order chi connectivity index (χ0) is 12.3. The van der Waals surface area contributed by atoms with Crippen molar-refractivity contribution in [3.8, 4) is 5.88 Å². The molecule has 2 rings (SSSR count). The summed E-state index contributed by atoms with van der Waals surface area (Å²) in [5, 5.41) is 3.72. The molecule has 0 aromatic carbocycles. The second-order valence-corrected chi connectivity index (χ2v) is 5.02. The normalized spacial score (nSPS) is 23.4. The first-order valence-corrected chi connectivity index (χ1v) is 5.91. The van der Waals surface area contributed by atoms with Crippen LogP contribution in [0.2, 0.25) is 5.02 Å². The molecule has 0 bridgehead atoms. The number of halogens is 1. The van der Waals surface area contributed by atoms with E-state index in [-0.39, 0.29) is 11.7 Å². The number of nitrogens with one attached hydrogen (secondary N) is 1. The number of ether oxygens (including phenoxy) is 2. The van der Waals surface area contributed by atoms with Crippen LogP contribution in [-0.2, 0) is 4.74 Å². The fourth-order valence-corrected chi connectivity index (χ4v) is 1.90. The summed E-state index contributed by atoms with van der Waals surface area (Å²) in [7, 11) is 0. The van der Waals surface area contributed by atoms with Gasteiger partial charge in [-0.1, -0.05) is 11.6 Å². The molecule has 0 saturated carbocycles. The molecule has 17 heavy (non-hydrogen) atoms. The molecule has 1 N–H and O–H groups in total. The topological polar surface area (TPSA) is 56.3 Å². The first-order valence-electron chi connectivity index (χ1n) is 5.54. The molecule has 0 amide bonds. The Kier molecular flexibility index (Phi) is 3.81. The third kappa shape index (κ3) is 3.52. The maximum Gasteiger partial charge on any atom is 0.235 e. The van der Waals surface area contributed by atoms with Crippen LogP contribution in [0.25, 0.3) is 0 Å². The number of rotatable bonds is 3. The SMILES string of the molecule is CC1(C)CNCC(COc2ncncc2Cl)O1. The van der Waals surface area contributed by atoms with E-state index in [9.17, 15) is 0 Å². The second-order valence-electron chi connectivity index (χ2n) is 4.62. The first kappa shape index (κ1) is 12.5. The lowest BCUT2D eigenvalue weighted by molar-refractivity contribution is -0.107. The zero-order valence-electron chi connectivity index (χ0n) is 9.94. The van der Waals surface area contributed by atoms with E-state index in [1.54, 1.807) is 0 Å². The van der Waals surface area contributed by atoms with Gasteiger partial charge in [0.2, 0.25) is 5.88 Å². The van der Waals surface area contributed by atoms with E-state index in [1.807, 2.05) is 13.8 Å². The third-order valence-corrected chi connectivity index (χ3v) is 2.71. The smallest absolute Gasteiger partial charge is 0.235 e. The van der Waals surface area contributed by atoms with Crippen molar-refractivity contribution in [2.75, 3.05) is 19.7 Å². The van der Waals surface area contributed by atoms with Crippen molar-refractivity contribution in [1.29, 1.82) is 0 Å². The predicted molar refractivity (Wildman–Crippen MR) is 64.4 cm³/mol. The molecule has 0 aliphatic carbocycles. The summed E-state index contributed by atoms with van der Waals surface area (Å²) < 4.78 is 11.4. The molecule has 5 nitrogen and oxygen atoms in total. The van der Waals surface area contributed by atoms with Gasteiger partial charge in [0, 0.05) is 13.1 Å². The van der Waals surface area contributed by atoms with Crippen molar-refractivity contribution in [2.45, 2.75) is 25.6 Å². The van der Waals surface area contributed by atoms with E-state index in [0.717, 1.165) is 13.1 Å². The van der Waals surface area contributed by atoms with Crippen molar-refractivity contribution >= 4 is 11.6 Å². The summed E-state index contributed by atoms with van der Waals surface area (Å²) in [5.74, 6) is 0.397. The van der Waals surface area contributed by atoms with Crippen LogP contribution in [0.15, 0.2) is 12.5 Å². The average Bonchev–Trinajstić information content (AvgIpc) is 2.27. The Bertz CT molecular complexity index is 387. The predicted octanol–water partition coefficient (Wildman–Crippen LogP) is 1.28. The highest BCUT2D eigenvalue weighted by molar-refractivity contribution is 6.31. The molecule has 1 fully saturated rings. The molecule has 1 unspecified atom stereocenters. The monoisotopic (exact) mass is 257 g/mol. The van der Waals surface area contributed by atoms with Crippen LogP contribution in [0.5, 0.6) is 5.88 Å². The summed E-state index contributed by atoms with van der Waals surface area (Å²) >= 11 is 5.89. The largest absolute Gasteiger partial charge is 0.474 e. The van der Waals surface area contributed by atoms with Gasteiger partial charge in [-0.3, -0.25) is 0 Å². The fraction of sp³-hybridized carbons (Fsp3) is 0.636. The van der Waals surface area contributed by atoms with Crippen LogP contribution in [0, 0.1) is 0 Å². The van der Waals surface area contributed by atoms with Gasteiger partial charge in [-0.2, -0.15) is 0 Å². The van der Waals surface area contributed by atoms with Gasteiger partial charge in [-0.25, -0.2) is 9.97 Å². The van der Waals surface area contributed by atoms with Gasteiger partial charge in [0.05, 0.1) is 11.8 Å². The second kappa shape index (κ2) is 5.16. The lowest BCUT2D eigenvalue weighted by Crippen LogP contribution is -2.52. The van der Waals surface area contributed by atoms with Gasteiger partial charge in [0.1, 0.15) is 24.1 Å². The molecule has 2 heterocycles. The van der Waals surface area contributed by atoms with Gasteiger partial charge in [-0.15, -0.1) is 0 Å².